The van der Waals surface area contributed by atoms with E-state index in [0.717, 1.165) is 0 Å². The fraction of sp³-hybridized carbons (Fsp3) is 0.583. The van der Waals surface area contributed by atoms with E-state index in [9.17, 15) is 0 Å². The van der Waals surface area contributed by atoms with E-state index in [-0.39, 0.29) is 0 Å². The fourth-order valence-electron chi connectivity index (χ4n) is 8.23. The van der Waals surface area contributed by atoms with E-state index < -0.39 is 0 Å². The number of fused-ring (bicyclic) bond motifs is 6. The van der Waals surface area contributed by atoms with Gasteiger partial charge in [0.15, 0.2) is 0 Å². The van der Waals surface area contributed by atoms with Gasteiger partial charge >= 0.3 is 0 Å². The van der Waals surface area contributed by atoms with Gasteiger partial charge in [0, 0.05) is 45.2 Å². The average Bonchev–Trinajstić information content (AvgIpc) is 4.01. The molecule has 0 fully saturated rings. The molecule has 0 aliphatic heterocycles. The Morgan fingerprint density at radius 1 is 0.364 bits per heavy atom. The molecule has 0 radical (unpaired) electrons. The minimum Gasteiger partial charge on any atom is -0.140 e. The van der Waals surface area contributed by atoms with Crippen LogP contribution in [-0.2, 0) is 19.3 Å². The molecule has 7 heteroatoms. The van der Waals surface area contributed by atoms with Gasteiger partial charge in [0.05, 0.1) is 17.0 Å². The molecule has 0 N–H and O–H groups in total. The normalized spacial score (nSPS) is 12.1. The van der Waals surface area contributed by atoms with Crippen molar-refractivity contribution in [3.63, 3.8) is 0 Å². The Hall–Kier alpha value is -0.540. The van der Waals surface area contributed by atoms with E-state index in [1.54, 1.807) is 4.88 Å². The van der Waals surface area contributed by atoms with Crippen molar-refractivity contribution in [3.8, 4) is 19.5 Å². The molecule has 0 saturated carbocycles. The molecule has 0 bridgehead atoms. The molecule has 5 heterocycles. The number of unbranched alkanes of at least 4 members (excludes halogenated alkanes) is 19. The molecule has 0 atom stereocenters. The van der Waals surface area contributed by atoms with Crippen molar-refractivity contribution in [3.05, 3.63) is 53.9 Å². The van der Waals surface area contributed by atoms with Crippen molar-refractivity contribution >= 4 is 119 Å². The molecule has 0 spiro atoms. The summed E-state index contributed by atoms with van der Waals surface area (Å²) < 4.78 is 7.04. The molecule has 0 saturated heterocycles. The molecule has 1 aromatic carbocycles. The Balaban J connectivity index is 1.20. The lowest BCUT2D eigenvalue weighted by Gasteiger charge is -2.03. The molecule has 0 aliphatic carbocycles. The van der Waals surface area contributed by atoms with Crippen molar-refractivity contribution < 1.29 is 0 Å². The molecular formula is C48H64Br2S5. The summed E-state index contributed by atoms with van der Waals surface area (Å²) in [5.41, 5.74) is 3.05. The SMILES string of the molecule is CCCCCCCCCCCCCCCCc1cc2c3cc(-c4sc(Br)cc4CCCCCC)sc3c3sc(-c4sc(Br)cc4CCCCCC)cc3c2s1. The summed E-state index contributed by atoms with van der Waals surface area (Å²) >= 11 is 17.8. The van der Waals surface area contributed by atoms with E-state index in [0.29, 0.717) is 0 Å². The summed E-state index contributed by atoms with van der Waals surface area (Å²) in [6, 6.07) is 12.5. The maximum Gasteiger partial charge on any atom is 0.0708 e. The molecule has 300 valence electrons. The van der Waals surface area contributed by atoms with Crippen molar-refractivity contribution in [2.75, 3.05) is 0 Å². The highest BCUT2D eigenvalue weighted by atomic mass is 79.9. The number of benzene rings is 1. The van der Waals surface area contributed by atoms with Crippen LogP contribution in [0.2, 0.25) is 0 Å². The van der Waals surface area contributed by atoms with Crippen molar-refractivity contribution in [2.24, 2.45) is 0 Å². The first kappa shape index (κ1) is 44.0. The highest BCUT2D eigenvalue weighted by Crippen LogP contribution is 2.52. The summed E-state index contributed by atoms with van der Waals surface area (Å²) in [5.74, 6) is 0. The van der Waals surface area contributed by atoms with Gasteiger partial charge in [-0.2, -0.15) is 0 Å². The predicted octanol–water partition coefficient (Wildman–Crippen LogP) is 20.6. The van der Waals surface area contributed by atoms with E-state index in [1.165, 1.54) is 229 Å². The van der Waals surface area contributed by atoms with Crippen molar-refractivity contribution in [2.45, 2.75) is 181 Å². The first-order valence-corrected chi connectivity index (χ1v) is 27.7. The molecule has 0 unspecified atom stereocenters. The van der Waals surface area contributed by atoms with Crippen LogP contribution < -0.4 is 0 Å². The van der Waals surface area contributed by atoms with Gasteiger partial charge in [-0.1, -0.05) is 143 Å². The second-order valence-corrected chi connectivity index (χ2v) is 24.0. The fourth-order valence-corrected chi connectivity index (χ4v) is 15.7. The van der Waals surface area contributed by atoms with E-state index >= 15 is 0 Å². The number of thiophene rings is 5. The molecule has 6 aromatic rings. The zero-order valence-electron chi connectivity index (χ0n) is 33.9. The van der Waals surface area contributed by atoms with Crippen molar-refractivity contribution in [1.29, 1.82) is 0 Å². The lowest BCUT2D eigenvalue weighted by atomic mass is 10.0. The Bertz CT molecular complexity index is 1910. The summed E-state index contributed by atoms with van der Waals surface area (Å²) in [7, 11) is 0. The van der Waals surface area contributed by atoms with Crippen LogP contribution in [0.4, 0.5) is 0 Å². The molecular weight excluding hydrogens is 897 g/mol. The van der Waals surface area contributed by atoms with Crippen LogP contribution in [0.25, 0.3) is 49.8 Å². The Morgan fingerprint density at radius 3 is 1.24 bits per heavy atom. The first-order chi connectivity index (χ1) is 27.0. The Morgan fingerprint density at radius 2 is 0.745 bits per heavy atom. The number of hydrogen-bond acceptors (Lipinski definition) is 5. The number of rotatable bonds is 27. The quantitative estimate of drug-likeness (QED) is 0.0451. The van der Waals surface area contributed by atoms with Crippen LogP contribution in [0, 0.1) is 0 Å². The maximum absolute atomic E-state index is 3.88. The number of aryl methyl sites for hydroxylation is 3. The summed E-state index contributed by atoms with van der Waals surface area (Å²) in [5, 5.41) is 4.46. The Labute approximate surface area is 370 Å². The minimum absolute atomic E-state index is 1.18. The zero-order valence-corrected chi connectivity index (χ0v) is 41.1. The third-order valence-corrected chi connectivity index (χ3v) is 18.8. The standard InChI is InChI=1S/C48H64Br2S5/c1-4-7-10-13-14-15-16-17-18-19-20-21-22-25-28-36-31-37-38-32-40(44-34(29-42(49)54-44)26-23-11-8-5-2)52-47(38)48-39(46(37)51-36)33-41(53-48)45-35(30-43(50)55-45)27-24-12-9-6-3/h29-33H,4-28H2,1-3H3. The van der Waals surface area contributed by atoms with Crippen LogP contribution in [0.5, 0.6) is 0 Å². The molecule has 6 rings (SSSR count). The lowest BCUT2D eigenvalue weighted by molar-refractivity contribution is 0.536. The third-order valence-electron chi connectivity index (χ3n) is 11.4. The molecule has 55 heavy (non-hydrogen) atoms. The highest BCUT2D eigenvalue weighted by molar-refractivity contribution is 9.11. The van der Waals surface area contributed by atoms with Gasteiger partial charge < -0.3 is 0 Å². The topological polar surface area (TPSA) is 0 Å². The van der Waals surface area contributed by atoms with Gasteiger partial charge in [-0.3, -0.25) is 0 Å². The van der Waals surface area contributed by atoms with E-state index in [4.69, 9.17) is 0 Å². The number of halogens is 2. The minimum atomic E-state index is 1.18. The van der Waals surface area contributed by atoms with Gasteiger partial charge in [0.2, 0.25) is 0 Å². The van der Waals surface area contributed by atoms with Crippen LogP contribution in [0.15, 0.2) is 37.9 Å². The summed E-state index contributed by atoms with van der Waals surface area (Å²) in [6.07, 6.45) is 33.9. The Kier molecular flexibility index (Phi) is 18.7. The van der Waals surface area contributed by atoms with Crippen LogP contribution in [-0.4, -0.2) is 0 Å². The smallest absolute Gasteiger partial charge is 0.0708 e. The summed E-state index contributed by atoms with van der Waals surface area (Å²) in [4.78, 5) is 7.46. The monoisotopic (exact) mass is 958 g/mol. The number of hydrogen-bond donors (Lipinski definition) is 0. The maximum atomic E-state index is 3.88. The second kappa shape index (κ2) is 23.3. The third kappa shape index (κ3) is 12.3. The second-order valence-electron chi connectivity index (χ2n) is 15.9. The molecule has 0 nitrogen and oxygen atoms in total. The van der Waals surface area contributed by atoms with Crippen LogP contribution in [0.3, 0.4) is 0 Å². The van der Waals surface area contributed by atoms with Crippen LogP contribution in [0.1, 0.15) is 178 Å². The molecule has 0 amide bonds. The van der Waals surface area contributed by atoms with E-state index in [1.807, 2.05) is 34.0 Å². The zero-order chi connectivity index (χ0) is 38.4. The van der Waals surface area contributed by atoms with Gasteiger partial charge in [-0.25, -0.2) is 0 Å². The summed E-state index contributed by atoms with van der Waals surface area (Å²) in [6.45, 7) is 6.93. The van der Waals surface area contributed by atoms with E-state index in [2.05, 4.69) is 106 Å². The van der Waals surface area contributed by atoms with Gasteiger partial charge in [-0.15, -0.1) is 56.7 Å². The molecule has 0 aliphatic rings. The highest BCUT2D eigenvalue weighted by Gasteiger charge is 2.22. The average molecular weight is 961 g/mol. The van der Waals surface area contributed by atoms with Gasteiger partial charge in [-0.05, 0) is 112 Å². The van der Waals surface area contributed by atoms with Crippen molar-refractivity contribution in [1.82, 2.24) is 0 Å². The predicted molar refractivity (Wildman–Crippen MR) is 264 cm³/mol. The first-order valence-electron chi connectivity index (χ1n) is 22.0. The van der Waals surface area contributed by atoms with Gasteiger partial charge in [0.1, 0.15) is 0 Å². The lowest BCUT2D eigenvalue weighted by Crippen LogP contribution is -1.85. The van der Waals surface area contributed by atoms with Gasteiger partial charge in [0.25, 0.3) is 0 Å². The largest absolute Gasteiger partial charge is 0.140 e. The molecule has 5 aromatic heterocycles. The van der Waals surface area contributed by atoms with Crippen LogP contribution >= 0.6 is 88.5 Å².